The summed E-state index contributed by atoms with van der Waals surface area (Å²) in [5.41, 5.74) is 5.99. The van der Waals surface area contributed by atoms with E-state index in [1.165, 1.54) is 6.20 Å². The van der Waals surface area contributed by atoms with E-state index in [0.29, 0.717) is 10.0 Å². The van der Waals surface area contributed by atoms with Crippen LogP contribution in [0.4, 0.5) is 5.82 Å². The highest BCUT2D eigenvalue weighted by Gasteiger charge is 2.20. The van der Waals surface area contributed by atoms with Crippen molar-refractivity contribution in [3.05, 3.63) is 22.3 Å². The fourth-order valence-electron chi connectivity index (χ4n) is 0.994. The number of hydrogen-bond donors (Lipinski definition) is 3. The Morgan fingerprint density at radius 2 is 2.14 bits per heavy atom. The number of hydrogen-bond acceptors (Lipinski definition) is 4. The van der Waals surface area contributed by atoms with E-state index < -0.39 is 12.2 Å². The van der Waals surface area contributed by atoms with E-state index in [0.717, 1.165) is 0 Å². The van der Waals surface area contributed by atoms with Gasteiger partial charge in [0.15, 0.2) is 0 Å². The van der Waals surface area contributed by atoms with Crippen molar-refractivity contribution in [2.45, 2.75) is 12.2 Å². The Labute approximate surface area is 98.4 Å². The molecular weight excluding hydrogens is 316 g/mol. The van der Waals surface area contributed by atoms with Crippen LogP contribution in [-0.4, -0.2) is 26.6 Å². The summed E-state index contributed by atoms with van der Waals surface area (Å²) < 4.78 is 0.711. The average Bonchev–Trinajstić information content (AvgIpc) is 2.19. The molecule has 0 fully saturated rings. The van der Waals surface area contributed by atoms with Crippen LogP contribution in [0, 0.1) is 0 Å². The van der Waals surface area contributed by atoms with E-state index in [1.54, 1.807) is 6.07 Å². The van der Waals surface area contributed by atoms with Gasteiger partial charge in [0.05, 0.1) is 6.10 Å². The van der Waals surface area contributed by atoms with Gasteiger partial charge in [-0.15, -0.1) is 0 Å². The van der Waals surface area contributed by atoms with Gasteiger partial charge in [0.1, 0.15) is 11.9 Å². The van der Waals surface area contributed by atoms with Crippen LogP contribution in [0.3, 0.4) is 0 Å². The molecule has 0 aliphatic heterocycles. The molecule has 0 aliphatic carbocycles. The van der Waals surface area contributed by atoms with Crippen molar-refractivity contribution < 1.29 is 10.2 Å². The van der Waals surface area contributed by atoms with Gasteiger partial charge in [0.2, 0.25) is 0 Å². The van der Waals surface area contributed by atoms with Crippen molar-refractivity contribution in [1.29, 1.82) is 0 Å². The van der Waals surface area contributed by atoms with Crippen LogP contribution in [0.1, 0.15) is 11.7 Å². The lowest BCUT2D eigenvalue weighted by atomic mass is 10.1. The number of alkyl halides is 1. The van der Waals surface area contributed by atoms with Gasteiger partial charge in [-0.3, -0.25) is 0 Å². The third-order valence-electron chi connectivity index (χ3n) is 1.76. The van der Waals surface area contributed by atoms with Crippen LogP contribution in [0.15, 0.2) is 16.7 Å². The summed E-state index contributed by atoms with van der Waals surface area (Å²) in [6.07, 6.45) is -0.390. The molecule has 14 heavy (non-hydrogen) atoms. The Hall–Kier alpha value is -0.170. The van der Waals surface area contributed by atoms with Crippen LogP contribution in [-0.2, 0) is 0 Å². The third-order valence-corrected chi connectivity index (χ3v) is 2.85. The second-order valence-electron chi connectivity index (χ2n) is 2.79. The summed E-state index contributed by atoms with van der Waals surface area (Å²) in [5, 5.41) is 19.4. The van der Waals surface area contributed by atoms with Crippen molar-refractivity contribution in [2.24, 2.45) is 0 Å². The van der Waals surface area contributed by atoms with Gasteiger partial charge < -0.3 is 15.9 Å². The first-order valence-corrected chi connectivity index (χ1v) is 5.80. The van der Waals surface area contributed by atoms with Crippen LogP contribution in [0.2, 0.25) is 0 Å². The van der Waals surface area contributed by atoms with Gasteiger partial charge in [-0.25, -0.2) is 4.98 Å². The Kier molecular flexibility index (Phi) is 4.31. The molecule has 1 aromatic rings. The minimum atomic E-state index is -1.03. The first-order valence-electron chi connectivity index (χ1n) is 3.89. The summed E-state index contributed by atoms with van der Waals surface area (Å²) in [7, 11) is 0. The number of aliphatic hydroxyl groups excluding tert-OH is 2. The Bertz CT molecular complexity index is 322. The van der Waals surface area contributed by atoms with E-state index in [-0.39, 0.29) is 11.1 Å². The topological polar surface area (TPSA) is 79.4 Å². The third kappa shape index (κ3) is 2.66. The van der Waals surface area contributed by atoms with Crippen LogP contribution in [0.5, 0.6) is 0 Å². The summed E-state index contributed by atoms with van der Waals surface area (Å²) in [6, 6.07) is 1.64. The molecule has 4 nitrogen and oxygen atoms in total. The number of anilines is 1. The van der Waals surface area contributed by atoms with Crippen LogP contribution < -0.4 is 5.73 Å². The SMILES string of the molecule is Nc1ncc(Br)cc1C(O)C(O)CBr. The first-order chi connectivity index (χ1) is 6.56. The predicted molar refractivity (Wildman–Crippen MR) is 61.1 cm³/mol. The van der Waals surface area contributed by atoms with Gasteiger partial charge in [0, 0.05) is 21.6 Å². The molecule has 4 N–H and O–H groups in total. The summed E-state index contributed by atoms with van der Waals surface area (Å²) in [6.45, 7) is 0. The maximum absolute atomic E-state index is 9.67. The number of rotatable bonds is 3. The maximum Gasteiger partial charge on any atom is 0.129 e. The van der Waals surface area contributed by atoms with Crippen molar-refractivity contribution in [3.8, 4) is 0 Å². The molecule has 6 heteroatoms. The second-order valence-corrected chi connectivity index (χ2v) is 4.36. The second kappa shape index (κ2) is 5.06. The van der Waals surface area contributed by atoms with Gasteiger partial charge >= 0.3 is 0 Å². The molecular formula is C8H10Br2N2O2. The van der Waals surface area contributed by atoms with E-state index in [9.17, 15) is 10.2 Å². The monoisotopic (exact) mass is 324 g/mol. The number of aliphatic hydroxyl groups is 2. The molecule has 0 radical (unpaired) electrons. The Balaban J connectivity index is 2.99. The van der Waals surface area contributed by atoms with Gasteiger partial charge in [0.25, 0.3) is 0 Å². The lowest BCUT2D eigenvalue weighted by Gasteiger charge is -2.17. The summed E-state index contributed by atoms with van der Waals surface area (Å²) in [4.78, 5) is 3.86. The fourth-order valence-corrected chi connectivity index (χ4v) is 1.70. The number of halogens is 2. The van der Waals surface area contributed by atoms with E-state index in [2.05, 4.69) is 36.8 Å². The normalized spacial score (nSPS) is 15.1. The zero-order valence-corrected chi connectivity index (χ0v) is 10.4. The number of nitrogen functional groups attached to an aromatic ring is 1. The molecule has 2 atom stereocenters. The largest absolute Gasteiger partial charge is 0.389 e. The van der Waals surface area contributed by atoms with E-state index in [1.807, 2.05) is 0 Å². The highest BCUT2D eigenvalue weighted by Crippen LogP contribution is 2.25. The molecule has 0 saturated heterocycles. The molecule has 0 spiro atoms. The molecule has 2 unspecified atom stereocenters. The Morgan fingerprint density at radius 1 is 1.50 bits per heavy atom. The predicted octanol–water partition coefficient (Wildman–Crippen LogP) is 1.22. The van der Waals surface area contributed by atoms with E-state index in [4.69, 9.17) is 5.73 Å². The molecule has 0 saturated carbocycles. The summed E-state index contributed by atoms with van der Waals surface area (Å²) in [5.74, 6) is 0.223. The van der Waals surface area contributed by atoms with Gasteiger partial charge in [-0.2, -0.15) is 0 Å². The smallest absolute Gasteiger partial charge is 0.129 e. The molecule has 0 aromatic carbocycles. The zero-order valence-electron chi connectivity index (χ0n) is 7.19. The quantitative estimate of drug-likeness (QED) is 0.730. The summed E-state index contributed by atoms with van der Waals surface area (Å²) >= 11 is 6.29. The number of nitrogens with zero attached hydrogens (tertiary/aromatic N) is 1. The minimum absolute atomic E-state index is 0.223. The van der Waals surface area contributed by atoms with Crippen molar-refractivity contribution in [3.63, 3.8) is 0 Å². The van der Waals surface area contributed by atoms with Crippen molar-refractivity contribution >= 4 is 37.7 Å². The fraction of sp³-hybridized carbons (Fsp3) is 0.375. The molecule has 1 heterocycles. The van der Waals surface area contributed by atoms with Gasteiger partial charge in [-0.05, 0) is 22.0 Å². The number of aromatic nitrogens is 1. The lowest BCUT2D eigenvalue weighted by molar-refractivity contribution is 0.0345. The number of nitrogens with two attached hydrogens (primary N) is 1. The molecule has 0 amide bonds. The Morgan fingerprint density at radius 3 is 2.71 bits per heavy atom. The molecule has 0 aliphatic rings. The van der Waals surface area contributed by atoms with Crippen LogP contribution in [0.25, 0.3) is 0 Å². The first kappa shape index (κ1) is 11.9. The zero-order chi connectivity index (χ0) is 10.7. The lowest BCUT2D eigenvalue weighted by Crippen LogP contribution is -2.20. The van der Waals surface area contributed by atoms with Crippen molar-refractivity contribution in [2.75, 3.05) is 11.1 Å². The maximum atomic E-state index is 9.67. The highest BCUT2D eigenvalue weighted by molar-refractivity contribution is 9.10. The van der Waals surface area contributed by atoms with Crippen LogP contribution >= 0.6 is 31.9 Å². The number of pyridine rings is 1. The minimum Gasteiger partial charge on any atom is -0.389 e. The van der Waals surface area contributed by atoms with Crippen molar-refractivity contribution in [1.82, 2.24) is 4.98 Å². The van der Waals surface area contributed by atoms with Gasteiger partial charge in [-0.1, -0.05) is 15.9 Å². The highest BCUT2D eigenvalue weighted by atomic mass is 79.9. The molecule has 78 valence electrons. The molecule has 0 bridgehead atoms. The molecule has 1 rings (SSSR count). The molecule has 1 aromatic heterocycles. The van der Waals surface area contributed by atoms with E-state index >= 15 is 0 Å². The standard InChI is InChI=1S/C8H10Br2N2O2/c9-2-6(13)7(14)5-1-4(10)3-12-8(5)11/h1,3,6-7,13-14H,2H2,(H2,11,12). The average molecular weight is 326 g/mol.